The average molecular weight is 690 g/mol. The fourth-order valence-electron chi connectivity index (χ4n) is 4.93. The van der Waals surface area contributed by atoms with E-state index in [0.29, 0.717) is 11.4 Å². The van der Waals surface area contributed by atoms with E-state index in [9.17, 15) is 18.0 Å². The Balaban J connectivity index is 1.65. The van der Waals surface area contributed by atoms with E-state index in [2.05, 4.69) is 27.9 Å². The van der Waals surface area contributed by atoms with E-state index in [1.165, 1.54) is 17.0 Å². The van der Waals surface area contributed by atoms with Crippen molar-refractivity contribution in [2.45, 2.75) is 62.6 Å². The van der Waals surface area contributed by atoms with E-state index in [1.807, 2.05) is 12.1 Å². The van der Waals surface area contributed by atoms with Crippen LogP contribution in [0.3, 0.4) is 0 Å². The van der Waals surface area contributed by atoms with Gasteiger partial charge in [0, 0.05) is 16.2 Å². The molecule has 0 bridgehead atoms. The molecular weight excluding hydrogens is 653 g/mol. The SMILES string of the molecule is COc1ccc(CN(C(=O)CN(c2ccc(I)cc2)S(=O)(=O)c2ccccc2)[C@@H](C)C(=O)NC2CCCCC2)cc1. The molecule has 0 radical (unpaired) electrons. The van der Waals surface area contributed by atoms with Gasteiger partial charge in [0.1, 0.15) is 18.3 Å². The highest BCUT2D eigenvalue weighted by atomic mass is 127. The van der Waals surface area contributed by atoms with Crippen molar-refractivity contribution < 1.29 is 22.7 Å². The predicted octanol–water partition coefficient (Wildman–Crippen LogP) is 5.36. The molecule has 1 aliphatic rings. The third kappa shape index (κ3) is 8.00. The quantitative estimate of drug-likeness (QED) is 0.274. The van der Waals surface area contributed by atoms with E-state index in [1.54, 1.807) is 68.6 Å². The molecular formula is C31H36IN3O5S. The van der Waals surface area contributed by atoms with Gasteiger partial charge in [0.2, 0.25) is 11.8 Å². The number of anilines is 1. The van der Waals surface area contributed by atoms with Crippen LogP contribution in [0.2, 0.25) is 0 Å². The zero-order chi connectivity index (χ0) is 29.4. The number of halogens is 1. The molecule has 4 rings (SSSR count). The topological polar surface area (TPSA) is 96.0 Å². The van der Waals surface area contributed by atoms with Gasteiger partial charge < -0.3 is 15.0 Å². The van der Waals surface area contributed by atoms with Crippen molar-refractivity contribution in [1.29, 1.82) is 0 Å². The first-order chi connectivity index (χ1) is 19.7. The number of sulfonamides is 1. The van der Waals surface area contributed by atoms with Crippen LogP contribution >= 0.6 is 22.6 Å². The van der Waals surface area contributed by atoms with Crippen LogP contribution in [0, 0.1) is 3.57 Å². The summed E-state index contributed by atoms with van der Waals surface area (Å²) in [5.41, 5.74) is 1.16. The largest absolute Gasteiger partial charge is 0.497 e. The van der Waals surface area contributed by atoms with Gasteiger partial charge in [0.15, 0.2) is 0 Å². The predicted molar refractivity (Wildman–Crippen MR) is 168 cm³/mol. The van der Waals surface area contributed by atoms with Gasteiger partial charge in [-0.3, -0.25) is 13.9 Å². The molecule has 1 fully saturated rings. The molecule has 0 spiro atoms. The van der Waals surface area contributed by atoms with Crippen LogP contribution in [0.5, 0.6) is 5.75 Å². The number of carbonyl (C=O) groups is 2. The average Bonchev–Trinajstić information content (AvgIpc) is 3.00. The molecule has 2 amide bonds. The number of hydrogen-bond donors (Lipinski definition) is 1. The first kappa shape index (κ1) is 30.8. The Morgan fingerprint density at radius 1 is 0.951 bits per heavy atom. The third-order valence-electron chi connectivity index (χ3n) is 7.36. The van der Waals surface area contributed by atoms with Crippen molar-refractivity contribution >= 4 is 50.1 Å². The van der Waals surface area contributed by atoms with Crippen LogP contribution in [0.4, 0.5) is 5.69 Å². The Morgan fingerprint density at radius 3 is 2.20 bits per heavy atom. The molecule has 1 N–H and O–H groups in total. The molecule has 0 heterocycles. The maximum Gasteiger partial charge on any atom is 0.264 e. The maximum atomic E-state index is 14.1. The van der Waals surface area contributed by atoms with Crippen LogP contribution < -0.4 is 14.4 Å². The summed E-state index contributed by atoms with van der Waals surface area (Å²) >= 11 is 2.15. The van der Waals surface area contributed by atoms with Crippen molar-refractivity contribution in [3.63, 3.8) is 0 Å². The second kappa shape index (κ2) is 14.2. The molecule has 0 aromatic heterocycles. The van der Waals surface area contributed by atoms with Gasteiger partial charge in [-0.15, -0.1) is 0 Å². The van der Waals surface area contributed by atoms with Gasteiger partial charge >= 0.3 is 0 Å². The minimum Gasteiger partial charge on any atom is -0.497 e. The van der Waals surface area contributed by atoms with Crippen molar-refractivity contribution in [1.82, 2.24) is 10.2 Å². The molecule has 1 saturated carbocycles. The Bertz CT molecular complexity index is 1410. The monoisotopic (exact) mass is 689 g/mol. The van der Waals surface area contributed by atoms with Crippen LogP contribution in [0.15, 0.2) is 83.8 Å². The third-order valence-corrected chi connectivity index (χ3v) is 9.86. The first-order valence-corrected chi connectivity index (χ1v) is 16.3. The summed E-state index contributed by atoms with van der Waals surface area (Å²) in [6.45, 7) is 1.36. The Labute approximate surface area is 256 Å². The molecule has 0 aliphatic heterocycles. The van der Waals surface area contributed by atoms with Crippen LogP contribution in [0.25, 0.3) is 0 Å². The summed E-state index contributed by atoms with van der Waals surface area (Å²) in [5, 5.41) is 3.12. The number of amides is 2. The lowest BCUT2D eigenvalue weighted by Crippen LogP contribution is -2.53. The van der Waals surface area contributed by atoms with Crippen molar-refractivity contribution in [2.24, 2.45) is 0 Å². The molecule has 3 aromatic carbocycles. The molecule has 218 valence electrons. The number of rotatable bonds is 11. The van der Waals surface area contributed by atoms with Gasteiger partial charge in [0.05, 0.1) is 17.7 Å². The van der Waals surface area contributed by atoms with E-state index in [-0.39, 0.29) is 23.4 Å². The lowest BCUT2D eigenvalue weighted by atomic mass is 9.95. The van der Waals surface area contributed by atoms with Gasteiger partial charge in [-0.05, 0) is 96.5 Å². The van der Waals surface area contributed by atoms with E-state index >= 15 is 0 Å². The highest BCUT2D eigenvalue weighted by molar-refractivity contribution is 14.1. The fraction of sp³-hybridized carbons (Fsp3) is 0.355. The number of carbonyl (C=O) groups excluding carboxylic acids is 2. The summed E-state index contributed by atoms with van der Waals surface area (Å²) in [6.07, 6.45) is 5.13. The maximum absolute atomic E-state index is 14.1. The number of methoxy groups -OCH3 is 1. The molecule has 1 aliphatic carbocycles. The number of benzene rings is 3. The summed E-state index contributed by atoms with van der Waals surface area (Å²) in [6, 6.07) is 21.5. The Morgan fingerprint density at radius 2 is 1.59 bits per heavy atom. The highest BCUT2D eigenvalue weighted by Gasteiger charge is 2.33. The van der Waals surface area contributed by atoms with Crippen LogP contribution in [-0.2, 0) is 26.2 Å². The van der Waals surface area contributed by atoms with Crippen LogP contribution in [-0.4, -0.2) is 50.9 Å². The number of ether oxygens (including phenoxy) is 1. The fourth-order valence-corrected chi connectivity index (χ4v) is 6.73. The van der Waals surface area contributed by atoms with Gasteiger partial charge in [-0.2, -0.15) is 0 Å². The number of hydrogen-bond acceptors (Lipinski definition) is 5. The minimum absolute atomic E-state index is 0.0798. The molecule has 0 saturated heterocycles. The molecule has 1 atom stereocenters. The first-order valence-electron chi connectivity index (χ1n) is 13.7. The molecule has 8 nitrogen and oxygen atoms in total. The van der Waals surface area contributed by atoms with Crippen molar-refractivity contribution in [2.75, 3.05) is 18.0 Å². The summed E-state index contributed by atoms with van der Waals surface area (Å²) in [5.74, 6) is -0.0517. The summed E-state index contributed by atoms with van der Waals surface area (Å²) in [4.78, 5) is 29.0. The zero-order valence-corrected chi connectivity index (χ0v) is 26.3. The second-order valence-corrected chi connectivity index (χ2v) is 13.3. The highest BCUT2D eigenvalue weighted by Crippen LogP contribution is 2.26. The Kier molecular flexibility index (Phi) is 10.7. The van der Waals surface area contributed by atoms with Crippen LogP contribution in [0.1, 0.15) is 44.6 Å². The molecule has 41 heavy (non-hydrogen) atoms. The van der Waals surface area contributed by atoms with E-state index in [4.69, 9.17) is 4.74 Å². The summed E-state index contributed by atoms with van der Waals surface area (Å²) in [7, 11) is -2.50. The molecule has 0 unspecified atom stereocenters. The minimum atomic E-state index is -4.08. The molecule has 3 aromatic rings. The zero-order valence-electron chi connectivity index (χ0n) is 23.3. The van der Waals surface area contributed by atoms with Gasteiger partial charge in [0.25, 0.3) is 10.0 Å². The smallest absolute Gasteiger partial charge is 0.264 e. The van der Waals surface area contributed by atoms with Gasteiger partial charge in [-0.25, -0.2) is 8.42 Å². The van der Waals surface area contributed by atoms with E-state index in [0.717, 1.165) is 45.5 Å². The molecule has 10 heteroatoms. The van der Waals surface area contributed by atoms with E-state index < -0.39 is 28.5 Å². The number of nitrogens with zero attached hydrogens (tertiary/aromatic N) is 2. The lowest BCUT2D eigenvalue weighted by molar-refractivity contribution is -0.139. The Hall–Kier alpha value is -3.12. The van der Waals surface area contributed by atoms with Crippen molar-refractivity contribution in [3.05, 3.63) is 88.0 Å². The van der Waals surface area contributed by atoms with Crippen molar-refractivity contribution in [3.8, 4) is 5.75 Å². The number of nitrogens with one attached hydrogen (secondary N) is 1. The second-order valence-electron chi connectivity index (χ2n) is 10.2. The normalized spacial score (nSPS) is 14.6. The summed E-state index contributed by atoms with van der Waals surface area (Å²) < 4.78 is 35.0. The van der Waals surface area contributed by atoms with Gasteiger partial charge in [-0.1, -0.05) is 49.6 Å². The lowest BCUT2D eigenvalue weighted by Gasteiger charge is -2.33. The standard InChI is InChI=1S/C31H36IN3O5S/c1-23(31(37)33-26-9-5-3-6-10-26)34(21-24-13-19-28(40-2)20-14-24)30(36)22-35(27-17-15-25(32)16-18-27)41(38,39)29-11-7-4-8-12-29/h4,7-8,11-20,23,26H,3,5-6,9-10,21-22H2,1-2H3,(H,33,37)/t23-/m0/s1.